The molecule has 4 nitrogen and oxygen atoms in total. The lowest BCUT2D eigenvalue weighted by molar-refractivity contribution is 0.00998. The van der Waals surface area contributed by atoms with Crippen molar-refractivity contribution in [3.8, 4) is 0 Å². The predicted molar refractivity (Wildman–Crippen MR) is 73.9 cm³/mol. The summed E-state index contributed by atoms with van der Waals surface area (Å²) in [5.74, 6) is 0. The Morgan fingerprint density at radius 3 is 2.79 bits per heavy atom. The third kappa shape index (κ3) is 3.50. The predicted octanol–water partition coefficient (Wildman–Crippen LogP) is 2.86. The van der Waals surface area contributed by atoms with Gasteiger partial charge in [-0.2, -0.15) is 0 Å². The molecular weight excluding hydrogens is 242 g/mol. The third-order valence-corrected chi connectivity index (χ3v) is 3.75. The van der Waals surface area contributed by atoms with Crippen LogP contribution in [-0.4, -0.2) is 40.4 Å². The third-order valence-electron chi connectivity index (χ3n) is 3.75. The van der Waals surface area contributed by atoms with Crippen LogP contribution >= 0.6 is 0 Å². The average molecular weight is 267 g/mol. The van der Waals surface area contributed by atoms with E-state index in [1.54, 1.807) is 4.90 Å². The van der Waals surface area contributed by atoms with Crippen LogP contribution in [0.25, 0.3) is 0 Å². The second-order valence-corrected chi connectivity index (χ2v) is 6.50. The highest BCUT2D eigenvalue weighted by molar-refractivity contribution is 5.69. The molecule has 1 aliphatic carbocycles. The van der Waals surface area contributed by atoms with E-state index in [1.807, 2.05) is 20.8 Å². The van der Waals surface area contributed by atoms with Crippen LogP contribution in [0.3, 0.4) is 0 Å². The van der Waals surface area contributed by atoms with Crippen molar-refractivity contribution in [2.45, 2.75) is 70.6 Å². The minimum Gasteiger partial charge on any atom is -0.444 e. The van der Waals surface area contributed by atoms with Gasteiger partial charge in [0.2, 0.25) is 0 Å². The first kappa shape index (κ1) is 14.4. The van der Waals surface area contributed by atoms with E-state index < -0.39 is 11.7 Å². The molecule has 0 aromatic rings. The van der Waals surface area contributed by atoms with Crippen LogP contribution in [-0.2, 0) is 4.74 Å². The number of aliphatic hydroxyl groups excluding tert-OH is 1. The van der Waals surface area contributed by atoms with E-state index in [9.17, 15) is 9.90 Å². The van der Waals surface area contributed by atoms with Gasteiger partial charge in [0.05, 0.1) is 12.1 Å². The monoisotopic (exact) mass is 267 g/mol. The second-order valence-electron chi connectivity index (χ2n) is 6.50. The van der Waals surface area contributed by atoms with E-state index in [2.05, 4.69) is 6.08 Å². The highest BCUT2D eigenvalue weighted by Gasteiger charge is 2.37. The lowest BCUT2D eigenvalue weighted by atomic mass is 10.00. The molecule has 0 spiro atoms. The second kappa shape index (κ2) is 5.53. The van der Waals surface area contributed by atoms with Gasteiger partial charge >= 0.3 is 6.09 Å². The van der Waals surface area contributed by atoms with E-state index >= 15 is 0 Å². The van der Waals surface area contributed by atoms with Crippen LogP contribution in [0, 0.1) is 0 Å². The van der Waals surface area contributed by atoms with Gasteiger partial charge in [0.25, 0.3) is 0 Å². The number of ether oxygens (including phenoxy) is 1. The Labute approximate surface area is 115 Å². The zero-order valence-electron chi connectivity index (χ0n) is 12.2. The van der Waals surface area contributed by atoms with Crippen LogP contribution in [0.5, 0.6) is 0 Å². The first-order chi connectivity index (χ1) is 8.88. The number of hydrogen-bond acceptors (Lipinski definition) is 3. The molecule has 2 rings (SSSR count). The number of rotatable bonds is 2. The lowest BCUT2D eigenvalue weighted by Gasteiger charge is -2.31. The highest BCUT2D eigenvalue weighted by Crippen LogP contribution is 2.30. The van der Waals surface area contributed by atoms with Crippen LogP contribution in [0.2, 0.25) is 0 Å². The number of allylic oxidation sites excluding steroid dienone is 1. The van der Waals surface area contributed by atoms with Gasteiger partial charge < -0.3 is 14.7 Å². The Bertz CT molecular complexity index is 370. The number of carbonyl (C=O) groups is 1. The van der Waals surface area contributed by atoms with E-state index in [0.717, 1.165) is 37.7 Å². The minimum absolute atomic E-state index is 0.112. The Hall–Kier alpha value is -1.03. The Morgan fingerprint density at radius 1 is 1.47 bits per heavy atom. The fourth-order valence-electron chi connectivity index (χ4n) is 2.88. The van der Waals surface area contributed by atoms with Crippen LogP contribution in [0.4, 0.5) is 4.79 Å². The quantitative estimate of drug-likeness (QED) is 0.783. The van der Waals surface area contributed by atoms with Gasteiger partial charge in [0.1, 0.15) is 5.60 Å². The number of nitrogens with zero attached hydrogens (tertiary/aromatic N) is 1. The van der Waals surface area contributed by atoms with Gasteiger partial charge in [-0.05, 0) is 58.4 Å². The molecule has 0 aromatic heterocycles. The first-order valence-corrected chi connectivity index (χ1v) is 7.25. The van der Waals surface area contributed by atoms with Crippen molar-refractivity contribution in [1.29, 1.82) is 0 Å². The van der Waals surface area contributed by atoms with E-state index in [0.29, 0.717) is 6.54 Å². The van der Waals surface area contributed by atoms with Crippen LogP contribution < -0.4 is 0 Å². The molecule has 0 unspecified atom stereocenters. The molecule has 19 heavy (non-hydrogen) atoms. The largest absolute Gasteiger partial charge is 0.444 e. The molecule has 0 bridgehead atoms. The standard InChI is InChI=1S/C15H25NO3/c1-15(2,3)19-14(18)16-10-6-9-12(16)13(17)11-7-4-5-8-11/h7,12-13,17H,4-6,8-10H2,1-3H3/t12-,13+/m0/s1. The summed E-state index contributed by atoms with van der Waals surface area (Å²) in [6, 6.07) is -0.112. The molecule has 2 aliphatic rings. The fraction of sp³-hybridized carbons (Fsp3) is 0.800. The molecule has 0 radical (unpaired) electrons. The molecule has 0 aromatic carbocycles. The summed E-state index contributed by atoms with van der Waals surface area (Å²) in [6.07, 6.45) is 6.23. The molecule has 1 aliphatic heterocycles. The van der Waals surface area contributed by atoms with Crippen molar-refractivity contribution in [3.63, 3.8) is 0 Å². The van der Waals surface area contributed by atoms with Gasteiger partial charge in [-0.15, -0.1) is 0 Å². The van der Waals surface area contributed by atoms with Crippen molar-refractivity contribution < 1.29 is 14.6 Å². The number of amides is 1. The maximum Gasteiger partial charge on any atom is 0.410 e. The number of aliphatic hydroxyl groups is 1. The van der Waals surface area contributed by atoms with Crippen LogP contribution in [0.15, 0.2) is 11.6 Å². The number of hydrogen-bond donors (Lipinski definition) is 1. The molecule has 0 saturated carbocycles. The molecule has 108 valence electrons. The normalized spacial score (nSPS) is 25.4. The molecular formula is C15H25NO3. The summed E-state index contributed by atoms with van der Waals surface area (Å²) in [6.45, 7) is 6.29. The summed E-state index contributed by atoms with van der Waals surface area (Å²) in [7, 11) is 0. The van der Waals surface area contributed by atoms with Gasteiger partial charge in [0, 0.05) is 6.54 Å². The Balaban J connectivity index is 2.02. The Morgan fingerprint density at radius 2 is 2.21 bits per heavy atom. The van der Waals surface area contributed by atoms with Crippen molar-refractivity contribution in [1.82, 2.24) is 4.90 Å². The molecule has 2 atom stereocenters. The molecule has 1 saturated heterocycles. The fourth-order valence-corrected chi connectivity index (χ4v) is 2.88. The lowest BCUT2D eigenvalue weighted by Crippen LogP contribution is -2.45. The summed E-state index contributed by atoms with van der Waals surface area (Å²) < 4.78 is 5.42. The average Bonchev–Trinajstić information content (AvgIpc) is 2.97. The molecule has 4 heteroatoms. The molecule has 1 fully saturated rings. The summed E-state index contributed by atoms with van der Waals surface area (Å²) in [5.41, 5.74) is 0.613. The van der Waals surface area contributed by atoms with Crippen molar-refractivity contribution >= 4 is 6.09 Å². The van der Waals surface area contributed by atoms with E-state index in [4.69, 9.17) is 4.74 Å². The van der Waals surface area contributed by atoms with Crippen LogP contribution in [0.1, 0.15) is 52.9 Å². The summed E-state index contributed by atoms with van der Waals surface area (Å²) in [4.78, 5) is 13.9. The minimum atomic E-state index is -0.516. The zero-order valence-corrected chi connectivity index (χ0v) is 12.2. The maximum absolute atomic E-state index is 12.2. The maximum atomic E-state index is 12.2. The first-order valence-electron chi connectivity index (χ1n) is 7.25. The van der Waals surface area contributed by atoms with E-state index in [1.165, 1.54) is 0 Å². The highest BCUT2D eigenvalue weighted by atomic mass is 16.6. The van der Waals surface area contributed by atoms with E-state index in [-0.39, 0.29) is 12.1 Å². The SMILES string of the molecule is CC(C)(C)OC(=O)N1CCC[C@H]1[C@H](O)C1=CCCC1. The number of carbonyl (C=O) groups excluding carboxylic acids is 1. The summed E-state index contributed by atoms with van der Waals surface area (Å²) in [5, 5.41) is 10.4. The molecule has 1 amide bonds. The van der Waals surface area contributed by atoms with Gasteiger partial charge in [-0.25, -0.2) is 4.79 Å². The van der Waals surface area contributed by atoms with Crippen molar-refractivity contribution in [2.75, 3.05) is 6.54 Å². The zero-order chi connectivity index (χ0) is 14.0. The van der Waals surface area contributed by atoms with Gasteiger partial charge in [-0.1, -0.05) is 6.08 Å². The topological polar surface area (TPSA) is 49.8 Å². The van der Waals surface area contributed by atoms with Gasteiger partial charge in [-0.3, -0.25) is 0 Å². The molecule has 1 heterocycles. The smallest absolute Gasteiger partial charge is 0.410 e. The van der Waals surface area contributed by atoms with Crippen molar-refractivity contribution in [2.24, 2.45) is 0 Å². The Kier molecular flexibility index (Phi) is 4.19. The van der Waals surface area contributed by atoms with Gasteiger partial charge in [0.15, 0.2) is 0 Å². The molecule has 1 N–H and O–H groups in total. The summed E-state index contributed by atoms with van der Waals surface area (Å²) >= 11 is 0. The number of likely N-dealkylation sites (tertiary alicyclic amines) is 1. The van der Waals surface area contributed by atoms with Crippen molar-refractivity contribution in [3.05, 3.63) is 11.6 Å².